The maximum absolute atomic E-state index is 13.5. The van der Waals surface area contributed by atoms with E-state index in [0.717, 1.165) is 37.8 Å². The van der Waals surface area contributed by atoms with Gasteiger partial charge in [-0.25, -0.2) is 9.79 Å². The SMILES string of the molecule is COc1ccc2c(c1)C(N1CCCN(C(=O)NC3CCCCC3)CC1)=Nc1cc(C(F)(F)F)ccc1O2. The molecule has 7 nitrogen and oxygen atoms in total. The minimum Gasteiger partial charge on any atom is -0.497 e. The summed E-state index contributed by atoms with van der Waals surface area (Å²) < 4.78 is 51.8. The summed E-state index contributed by atoms with van der Waals surface area (Å²) in [6.07, 6.45) is 1.73. The number of amidine groups is 1. The fraction of sp³-hybridized carbons (Fsp3) is 0.481. The largest absolute Gasteiger partial charge is 0.497 e. The molecule has 3 aliphatic rings. The Morgan fingerprint density at radius 3 is 2.54 bits per heavy atom. The third kappa shape index (κ3) is 5.62. The summed E-state index contributed by atoms with van der Waals surface area (Å²) in [7, 11) is 1.55. The lowest BCUT2D eigenvalue weighted by molar-refractivity contribution is -0.137. The summed E-state index contributed by atoms with van der Waals surface area (Å²) in [5, 5.41) is 3.18. The van der Waals surface area contributed by atoms with E-state index in [1.54, 1.807) is 25.3 Å². The lowest BCUT2D eigenvalue weighted by Gasteiger charge is -2.28. The summed E-state index contributed by atoms with van der Waals surface area (Å²) in [5.74, 6) is 1.81. The number of hydrogen-bond donors (Lipinski definition) is 1. The Morgan fingerprint density at radius 1 is 1.00 bits per heavy atom. The van der Waals surface area contributed by atoms with Crippen molar-refractivity contribution in [1.29, 1.82) is 0 Å². The number of hydrogen-bond acceptors (Lipinski definition) is 5. The average molecular weight is 517 g/mol. The summed E-state index contributed by atoms with van der Waals surface area (Å²) in [4.78, 5) is 21.5. The predicted octanol–water partition coefficient (Wildman–Crippen LogP) is 5.95. The van der Waals surface area contributed by atoms with Gasteiger partial charge in [-0.05, 0) is 55.7 Å². The highest BCUT2D eigenvalue weighted by Crippen LogP contribution is 2.42. The molecule has 1 aliphatic carbocycles. The second-order valence-electron chi connectivity index (χ2n) is 9.69. The van der Waals surface area contributed by atoms with Crippen LogP contribution in [-0.4, -0.2) is 61.0 Å². The fourth-order valence-electron chi connectivity index (χ4n) is 5.15. The number of rotatable bonds is 2. The van der Waals surface area contributed by atoms with E-state index >= 15 is 0 Å². The number of urea groups is 1. The number of methoxy groups -OCH3 is 1. The highest BCUT2D eigenvalue weighted by molar-refractivity contribution is 6.04. The van der Waals surface area contributed by atoms with E-state index < -0.39 is 11.7 Å². The van der Waals surface area contributed by atoms with Gasteiger partial charge in [0.1, 0.15) is 23.0 Å². The molecule has 198 valence electrons. The zero-order valence-corrected chi connectivity index (χ0v) is 20.8. The van der Waals surface area contributed by atoms with Crippen molar-refractivity contribution in [2.45, 2.75) is 50.7 Å². The second-order valence-corrected chi connectivity index (χ2v) is 9.69. The number of halogens is 3. The van der Waals surface area contributed by atoms with Crippen molar-refractivity contribution in [3.63, 3.8) is 0 Å². The molecule has 2 fully saturated rings. The molecule has 0 bridgehead atoms. The van der Waals surface area contributed by atoms with Crippen molar-refractivity contribution in [3.05, 3.63) is 47.5 Å². The van der Waals surface area contributed by atoms with Crippen LogP contribution < -0.4 is 14.8 Å². The zero-order valence-electron chi connectivity index (χ0n) is 20.8. The summed E-state index contributed by atoms with van der Waals surface area (Å²) in [5.41, 5.74) is -0.0525. The first-order valence-corrected chi connectivity index (χ1v) is 12.8. The number of nitrogens with zero attached hydrogens (tertiary/aromatic N) is 3. The highest BCUT2D eigenvalue weighted by Gasteiger charge is 2.33. The molecule has 0 radical (unpaired) electrons. The molecule has 2 amide bonds. The molecule has 10 heteroatoms. The van der Waals surface area contributed by atoms with E-state index in [4.69, 9.17) is 14.5 Å². The average Bonchev–Trinajstić information content (AvgIpc) is 3.23. The van der Waals surface area contributed by atoms with Crippen LogP contribution >= 0.6 is 0 Å². The zero-order chi connectivity index (χ0) is 26.0. The molecule has 1 saturated carbocycles. The van der Waals surface area contributed by atoms with Crippen LogP contribution in [0.5, 0.6) is 17.2 Å². The van der Waals surface area contributed by atoms with Gasteiger partial charge in [-0.2, -0.15) is 13.2 Å². The van der Waals surface area contributed by atoms with Crippen LogP contribution in [0.4, 0.5) is 23.7 Å². The van der Waals surface area contributed by atoms with Gasteiger partial charge in [-0.1, -0.05) is 19.3 Å². The van der Waals surface area contributed by atoms with Gasteiger partial charge in [0, 0.05) is 32.2 Å². The fourth-order valence-corrected chi connectivity index (χ4v) is 5.15. The molecule has 37 heavy (non-hydrogen) atoms. The Bertz CT molecular complexity index is 1180. The van der Waals surface area contributed by atoms with E-state index in [-0.39, 0.29) is 23.5 Å². The van der Waals surface area contributed by atoms with Crippen LogP contribution in [0.2, 0.25) is 0 Å². The molecule has 2 heterocycles. The van der Waals surface area contributed by atoms with Crippen molar-refractivity contribution in [2.24, 2.45) is 4.99 Å². The van der Waals surface area contributed by atoms with Gasteiger partial charge in [0.2, 0.25) is 0 Å². The first-order chi connectivity index (χ1) is 17.8. The van der Waals surface area contributed by atoms with Gasteiger partial charge in [0.15, 0.2) is 5.75 Å². The van der Waals surface area contributed by atoms with Crippen LogP contribution in [0, 0.1) is 0 Å². The molecule has 0 atom stereocenters. The number of amides is 2. The summed E-state index contributed by atoms with van der Waals surface area (Å²) >= 11 is 0. The highest BCUT2D eigenvalue weighted by atomic mass is 19.4. The van der Waals surface area contributed by atoms with Crippen LogP contribution in [-0.2, 0) is 6.18 Å². The van der Waals surface area contributed by atoms with E-state index in [2.05, 4.69) is 5.32 Å². The normalized spacial score (nSPS) is 18.5. The van der Waals surface area contributed by atoms with Crippen LogP contribution in [0.1, 0.15) is 49.7 Å². The number of carbonyl (C=O) groups excluding carboxylic acids is 1. The van der Waals surface area contributed by atoms with E-state index in [1.165, 1.54) is 12.5 Å². The Hall–Kier alpha value is -3.43. The lowest BCUT2D eigenvalue weighted by atomic mass is 9.96. The third-order valence-electron chi connectivity index (χ3n) is 7.18. The number of nitrogens with one attached hydrogen (secondary N) is 1. The first-order valence-electron chi connectivity index (χ1n) is 12.8. The maximum atomic E-state index is 13.5. The van der Waals surface area contributed by atoms with Crippen LogP contribution in [0.25, 0.3) is 0 Å². The van der Waals surface area contributed by atoms with Gasteiger partial charge < -0.3 is 24.6 Å². The third-order valence-corrected chi connectivity index (χ3v) is 7.18. The second kappa shape index (κ2) is 10.5. The number of benzene rings is 2. The van der Waals surface area contributed by atoms with Crippen molar-refractivity contribution in [3.8, 4) is 17.2 Å². The topological polar surface area (TPSA) is 66.4 Å². The Balaban J connectivity index is 1.43. The number of carbonyl (C=O) groups is 1. The molecule has 0 unspecified atom stereocenters. The van der Waals surface area contributed by atoms with Gasteiger partial charge in [-0.15, -0.1) is 0 Å². The quantitative estimate of drug-likeness (QED) is 0.536. The molecular formula is C27H31F3N4O3. The summed E-state index contributed by atoms with van der Waals surface area (Å²) in [6.45, 7) is 2.16. The summed E-state index contributed by atoms with van der Waals surface area (Å²) in [6, 6.07) is 8.74. The van der Waals surface area contributed by atoms with E-state index in [9.17, 15) is 18.0 Å². The Labute approximate surface area is 214 Å². The van der Waals surface area contributed by atoms with Crippen molar-refractivity contribution < 1.29 is 27.4 Å². The minimum atomic E-state index is -4.50. The van der Waals surface area contributed by atoms with Gasteiger partial charge in [-0.3, -0.25) is 0 Å². The monoisotopic (exact) mass is 516 g/mol. The number of fused-ring (bicyclic) bond motifs is 2. The van der Waals surface area contributed by atoms with E-state index in [1.807, 2.05) is 9.80 Å². The van der Waals surface area contributed by atoms with Crippen molar-refractivity contribution >= 4 is 17.6 Å². The smallest absolute Gasteiger partial charge is 0.416 e. The standard InChI is InChI=1S/C27H31F3N4O3/c1-36-20-9-11-23-21(17-20)25(32-22-16-18(27(28,29)30)8-10-24(22)37-23)33-12-5-13-34(15-14-33)26(35)31-19-6-3-2-4-7-19/h8-11,16-17,19H,2-7,12-15H2,1H3,(H,31,35). The van der Waals surface area contributed by atoms with Gasteiger partial charge >= 0.3 is 12.2 Å². The number of ether oxygens (including phenoxy) is 2. The molecule has 0 aromatic heterocycles. The maximum Gasteiger partial charge on any atom is 0.416 e. The van der Waals surface area contributed by atoms with Crippen molar-refractivity contribution in [1.82, 2.24) is 15.1 Å². The molecule has 2 aromatic rings. The minimum absolute atomic E-state index is 0.0536. The molecule has 5 rings (SSSR count). The number of aliphatic imine (C=N–C) groups is 1. The predicted molar refractivity (Wildman–Crippen MR) is 134 cm³/mol. The van der Waals surface area contributed by atoms with Gasteiger partial charge in [0.25, 0.3) is 0 Å². The Morgan fingerprint density at radius 2 is 1.78 bits per heavy atom. The molecule has 2 aromatic carbocycles. The van der Waals surface area contributed by atoms with E-state index in [0.29, 0.717) is 55.5 Å². The van der Waals surface area contributed by atoms with Gasteiger partial charge in [0.05, 0.1) is 18.2 Å². The Kier molecular flexibility index (Phi) is 7.17. The number of alkyl halides is 3. The van der Waals surface area contributed by atoms with Crippen molar-refractivity contribution in [2.75, 3.05) is 33.3 Å². The lowest BCUT2D eigenvalue weighted by Crippen LogP contribution is -2.47. The molecular weight excluding hydrogens is 485 g/mol. The first kappa shape index (κ1) is 25.2. The molecule has 1 saturated heterocycles. The molecule has 1 N–H and O–H groups in total. The molecule has 0 spiro atoms. The molecule has 2 aliphatic heterocycles. The van der Waals surface area contributed by atoms with Crippen LogP contribution in [0.3, 0.4) is 0 Å². The van der Waals surface area contributed by atoms with Crippen LogP contribution in [0.15, 0.2) is 41.4 Å².